The molecule has 3 aromatic carbocycles. The average molecular weight is 427 g/mol. The Morgan fingerprint density at radius 3 is 2.50 bits per heavy atom. The molecule has 0 spiro atoms. The lowest BCUT2D eigenvalue weighted by atomic mass is 9.91. The predicted octanol–water partition coefficient (Wildman–Crippen LogP) is 4.87. The van der Waals surface area contributed by atoms with Crippen LogP contribution >= 0.6 is 0 Å². The van der Waals surface area contributed by atoms with E-state index >= 15 is 0 Å². The fourth-order valence-corrected chi connectivity index (χ4v) is 4.06. The molecule has 2 N–H and O–H groups in total. The molecule has 1 amide bonds. The van der Waals surface area contributed by atoms with Crippen LogP contribution < -0.4 is 10.1 Å². The van der Waals surface area contributed by atoms with Crippen LogP contribution in [0.1, 0.15) is 39.9 Å². The van der Waals surface area contributed by atoms with Gasteiger partial charge in [0.25, 0.3) is 0 Å². The summed E-state index contributed by atoms with van der Waals surface area (Å²) in [7, 11) is 1.56. The average Bonchev–Trinajstić information content (AvgIpc) is 3.24. The van der Waals surface area contributed by atoms with Crippen molar-refractivity contribution in [1.82, 2.24) is 10.3 Å². The number of amides is 1. The molecule has 5 heteroatoms. The van der Waals surface area contributed by atoms with Crippen LogP contribution in [0.5, 0.6) is 5.75 Å². The Morgan fingerprint density at radius 2 is 1.75 bits per heavy atom. The number of ketones is 1. The van der Waals surface area contributed by atoms with Crippen molar-refractivity contribution >= 4 is 22.6 Å². The van der Waals surface area contributed by atoms with Crippen molar-refractivity contribution in [2.24, 2.45) is 0 Å². The second kappa shape index (κ2) is 9.52. The van der Waals surface area contributed by atoms with Crippen LogP contribution in [-0.2, 0) is 11.2 Å². The van der Waals surface area contributed by atoms with Gasteiger partial charge in [-0.3, -0.25) is 9.59 Å². The van der Waals surface area contributed by atoms with Crippen molar-refractivity contribution in [3.8, 4) is 5.75 Å². The SMILES string of the molecule is COc1ccc(C(C)=O)cc1CC(=O)NCC(c1ccccc1)c1c[nH]c2ccccc12. The third-order valence-electron chi connectivity index (χ3n) is 5.74. The van der Waals surface area contributed by atoms with Crippen LogP contribution in [0, 0.1) is 0 Å². The molecule has 1 heterocycles. The molecule has 0 bridgehead atoms. The van der Waals surface area contributed by atoms with E-state index in [2.05, 4.69) is 28.5 Å². The first kappa shape index (κ1) is 21.4. The molecule has 0 aliphatic heterocycles. The van der Waals surface area contributed by atoms with Crippen molar-refractivity contribution < 1.29 is 14.3 Å². The Kier molecular flexibility index (Phi) is 6.36. The molecule has 0 saturated heterocycles. The molecule has 0 saturated carbocycles. The fraction of sp³-hybridized carbons (Fsp3) is 0.185. The number of aromatic nitrogens is 1. The van der Waals surface area contributed by atoms with E-state index in [1.807, 2.05) is 42.6 Å². The number of aromatic amines is 1. The van der Waals surface area contributed by atoms with E-state index < -0.39 is 0 Å². The number of H-pyrrole nitrogens is 1. The summed E-state index contributed by atoms with van der Waals surface area (Å²) in [6.45, 7) is 1.97. The highest BCUT2D eigenvalue weighted by Gasteiger charge is 2.19. The lowest BCUT2D eigenvalue weighted by Crippen LogP contribution is -2.30. The van der Waals surface area contributed by atoms with E-state index in [1.54, 1.807) is 25.3 Å². The van der Waals surface area contributed by atoms with Crippen LogP contribution in [0.2, 0.25) is 0 Å². The zero-order valence-electron chi connectivity index (χ0n) is 18.2. The number of nitrogens with one attached hydrogen (secondary N) is 2. The molecule has 1 atom stereocenters. The Balaban J connectivity index is 1.56. The summed E-state index contributed by atoms with van der Waals surface area (Å²) in [4.78, 5) is 28.0. The molecule has 4 rings (SSSR count). The zero-order valence-corrected chi connectivity index (χ0v) is 18.2. The van der Waals surface area contributed by atoms with Crippen molar-refractivity contribution in [2.45, 2.75) is 19.3 Å². The molecule has 32 heavy (non-hydrogen) atoms. The maximum absolute atomic E-state index is 12.9. The first-order chi connectivity index (χ1) is 15.6. The van der Waals surface area contributed by atoms with Gasteiger partial charge in [-0.25, -0.2) is 0 Å². The van der Waals surface area contributed by atoms with Crippen molar-refractivity contribution in [3.05, 3.63) is 101 Å². The highest BCUT2D eigenvalue weighted by molar-refractivity contribution is 5.94. The van der Waals surface area contributed by atoms with Crippen LogP contribution in [0.4, 0.5) is 0 Å². The van der Waals surface area contributed by atoms with Gasteiger partial charge in [-0.15, -0.1) is 0 Å². The van der Waals surface area contributed by atoms with E-state index in [9.17, 15) is 9.59 Å². The summed E-state index contributed by atoms with van der Waals surface area (Å²) in [6, 6.07) is 23.5. The molecule has 1 unspecified atom stereocenters. The van der Waals surface area contributed by atoms with Crippen LogP contribution in [0.25, 0.3) is 10.9 Å². The summed E-state index contributed by atoms with van der Waals surface area (Å²) in [5.41, 5.74) is 4.60. The molecule has 0 radical (unpaired) electrons. The summed E-state index contributed by atoms with van der Waals surface area (Å²) in [5.74, 6) is 0.436. The topological polar surface area (TPSA) is 71.2 Å². The number of carbonyl (C=O) groups is 2. The third-order valence-corrected chi connectivity index (χ3v) is 5.74. The number of carbonyl (C=O) groups excluding carboxylic acids is 2. The van der Waals surface area contributed by atoms with E-state index in [1.165, 1.54) is 6.92 Å². The molecule has 5 nitrogen and oxygen atoms in total. The Hall–Kier alpha value is -3.86. The van der Waals surface area contributed by atoms with E-state index in [4.69, 9.17) is 4.74 Å². The normalized spacial score (nSPS) is 11.8. The first-order valence-corrected chi connectivity index (χ1v) is 10.6. The highest BCUT2D eigenvalue weighted by Crippen LogP contribution is 2.30. The Labute approximate surface area is 187 Å². The van der Waals surface area contributed by atoms with E-state index in [0.29, 0.717) is 23.4 Å². The first-order valence-electron chi connectivity index (χ1n) is 10.6. The minimum absolute atomic E-state index is 0.00162. The molecule has 1 aromatic heterocycles. The maximum atomic E-state index is 12.9. The van der Waals surface area contributed by atoms with Crippen molar-refractivity contribution in [2.75, 3.05) is 13.7 Å². The molecular weight excluding hydrogens is 400 g/mol. The van der Waals surface area contributed by atoms with Crippen molar-refractivity contribution in [3.63, 3.8) is 0 Å². The van der Waals surface area contributed by atoms with Gasteiger partial charge in [-0.1, -0.05) is 48.5 Å². The lowest BCUT2D eigenvalue weighted by molar-refractivity contribution is -0.120. The lowest BCUT2D eigenvalue weighted by Gasteiger charge is -2.18. The van der Waals surface area contributed by atoms with Gasteiger partial charge in [0.05, 0.1) is 13.5 Å². The van der Waals surface area contributed by atoms with Gasteiger partial charge in [0.1, 0.15) is 5.75 Å². The number of hydrogen-bond acceptors (Lipinski definition) is 3. The van der Waals surface area contributed by atoms with Crippen LogP contribution in [-0.4, -0.2) is 30.3 Å². The van der Waals surface area contributed by atoms with Crippen LogP contribution in [0.15, 0.2) is 79.0 Å². The number of para-hydroxylation sites is 1. The largest absolute Gasteiger partial charge is 0.496 e. The van der Waals surface area contributed by atoms with Gasteiger partial charge < -0.3 is 15.0 Å². The standard InChI is InChI=1S/C27H26N2O3/c1-18(30)20-12-13-26(32-2)21(14-20)15-27(31)29-16-23(19-8-4-3-5-9-19)24-17-28-25-11-7-6-10-22(24)25/h3-14,17,23,28H,15-16H2,1-2H3,(H,29,31). The zero-order chi connectivity index (χ0) is 22.5. The Morgan fingerprint density at radius 1 is 1.00 bits per heavy atom. The molecule has 0 aliphatic carbocycles. The number of methoxy groups -OCH3 is 1. The van der Waals surface area contributed by atoms with Gasteiger partial charge in [0.15, 0.2) is 5.78 Å². The molecule has 162 valence electrons. The second-order valence-corrected chi connectivity index (χ2v) is 7.82. The summed E-state index contributed by atoms with van der Waals surface area (Å²) >= 11 is 0. The van der Waals surface area contributed by atoms with E-state index in [0.717, 1.165) is 22.0 Å². The summed E-state index contributed by atoms with van der Waals surface area (Å²) in [6.07, 6.45) is 2.16. The Bertz CT molecular complexity index is 1240. The predicted molar refractivity (Wildman–Crippen MR) is 126 cm³/mol. The number of ether oxygens (including phenoxy) is 1. The van der Waals surface area contributed by atoms with E-state index in [-0.39, 0.29) is 24.0 Å². The maximum Gasteiger partial charge on any atom is 0.224 e. The van der Waals surface area contributed by atoms with Gasteiger partial charge in [0.2, 0.25) is 5.91 Å². The molecule has 4 aromatic rings. The minimum Gasteiger partial charge on any atom is -0.496 e. The minimum atomic E-state index is -0.121. The summed E-state index contributed by atoms with van der Waals surface area (Å²) < 4.78 is 5.39. The smallest absolute Gasteiger partial charge is 0.224 e. The molecule has 0 fully saturated rings. The molecular formula is C27H26N2O3. The summed E-state index contributed by atoms with van der Waals surface area (Å²) in [5, 5.41) is 4.23. The quantitative estimate of drug-likeness (QED) is 0.395. The van der Waals surface area contributed by atoms with Gasteiger partial charge in [-0.05, 0) is 42.3 Å². The second-order valence-electron chi connectivity index (χ2n) is 7.82. The number of fused-ring (bicyclic) bond motifs is 1. The number of benzene rings is 3. The fourth-order valence-electron chi connectivity index (χ4n) is 4.06. The van der Waals surface area contributed by atoms with Crippen LogP contribution in [0.3, 0.4) is 0 Å². The highest BCUT2D eigenvalue weighted by atomic mass is 16.5. The number of hydrogen-bond donors (Lipinski definition) is 2. The van der Waals surface area contributed by atoms with Gasteiger partial charge in [-0.2, -0.15) is 0 Å². The van der Waals surface area contributed by atoms with Gasteiger partial charge >= 0.3 is 0 Å². The monoisotopic (exact) mass is 426 g/mol. The van der Waals surface area contributed by atoms with Gasteiger partial charge in [0, 0.05) is 40.7 Å². The number of rotatable bonds is 8. The molecule has 0 aliphatic rings. The third kappa shape index (κ3) is 4.57. The van der Waals surface area contributed by atoms with Crippen molar-refractivity contribution in [1.29, 1.82) is 0 Å². The number of Topliss-reactive ketones (excluding diaryl/α,β-unsaturated/α-hetero) is 1.